The topological polar surface area (TPSA) is 132 Å². The Morgan fingerprint density at radius 3 is 2.24 bits per heavy atom. The van der Waals surface area contributed by atoms with Gasteiger partial charge in [-0.15, -0.1) is 0 Å². The maximum Gasteiger partial charge on any atom is 0.342 e. The highest BCUT2D eigenvalue weighted by Gasteiger charge is 2.32. The van der Waals surface area contributed by atoms with Crippen molar-refractivity contribution in [2.75, 3.05) is 0 Å². The third-order valence-electron chi connectivity index (χ3n) is 6.53. The highest BCUT2D eigenvalue weighted by molar-refractivity contribution is 7.52. The third-order valence-corrected chi connectivity index (χ3v) is 7.75. The third kappa shape index (κ3) is 6.94. The number of hydrazone groups is 2. The molecule has 6 N–H and O–H groups in total. The summed E-state index contributed by atoms with van der Waals surface area (Å²) in [6, 6.07) is 31.3. The van der Waals surface area contributed by atoms with E-state index in [2.05, 4.69) is 27.7 Å². The van der Waals surface area contributed by atoms with E-state index >= 15 is 0 Å². The molecule has 2 atom stereocenters. The molecule has 0 saturated carbocycles. The summed E-state index contributed by atoms with van der Waals surface area (Å²) in [5.41, 5.74) is 6.80. The zero-order chi connectivity index (χ0) is 27.0. The predicted molar refractivity (Wildman–Crippen MR) is 155 cm³/mol. The number of amidine groups is 1. The van der Waals surface area contributed by atoms with Crippen molar-refractivity contribution in [3.63, 3.8) is 0 Å². The van der Waals surface area contributed by atoms with Crippen LogP contribution in [0.25, 0.3) is 21.9 Å². The van der Waals surface area contributed by atoms with Gasteiger partial charge in [-0.2, -0.15) is 10.2 Å². The molecule has 38 heavy (non-hydrogen) atoms. The molecule has 0 spiro atoms. The summed E-state index contributed by atoms with van der Waals surface area (Å²) >= 11 is 0. The highest BCUT2D eigenvalue weighted by Crippen LogP contribution is 2.42. The van der Waals surface area contributed by atoms with E-state index in [-0.39, 0.29) is 12.3 Å². The molecular formula is C29H32N5O3P. The van der Waals surface area contributed by atoms with E-state index in [0.717, 1.165) is 33.0 Å². The largest absolute Gasteiger partial charge is 0.342 e. The molecule has 4 rings (SSSR count). The van der Waals surface area contributed by atoms with Crippen LogP contribution >= 0.6 is 7.60 Å². The number of aryl methyl sites for hydroxylation is 1. The molecule has 0 aromatic heterocycles. The minimum Gasteiger partial charge on any atom is -0.323 e. The summed E-state index contributed by atoms with van der Waals surface area (Å²) in [4.78, 5) is 20.5. The van der Waals surface area contributed by atoms with Crippen LogP contribution in [-0.4, -0.2) is 34.2 Å². The first-order valence-corrected chi connectivity index (χ1v) is 14.0. The summed E-state index contributed by atoms with van der Waals surface area (Å²) in [6.45, 7) is 3.44. The zero-order valence-corrected chi connectivity index (χ0v) is 21.8. The van der Waals surface area contributed by atoms with Crippen LogP contribution in [0.15, 0.2) is 107 Å². The molecule has 0 amide bonds. The molecule has 0 bridgehead atoms. The second-order valence-corrected chi connectivity index (χ2v) is 10.9. The second kappa shape index (κ2) is 12.6. The van der Waals surface area contributed by atoms with Gasteiger partial charge in [0.25, 0.3) is 0 Å². The summed E-state index contributed by atoms with van der Waals surface area (Å²) in [7, 11) is -4.53. The summed E-state index contributed by atoms with van der Waals surface area (Å²) < 4.78 is 12.6. The number of hydrogen-bond donors (Lipinski definition) is 5. The molecule has 0 aliphatic carbocycles. The van der Waals surface area contributed by atoms with Crippen molar-refractivity contribution in [1.82, 2.24) is 10.7 Å². The van der Waals surface area contributed by atoms with Crippen LogP contribution in [0.1, 0.15) is 17.5 Å². The Morgan fingerprint density at radius 1 is 0.895 bits per heavy atom. The molecule has 0 saturated heterocycles. The molecule has 0 aliphatic rings. The lowest BCUT2D eigenvalue weighted by Gasteiger charge is -2.27. The highest BCUT2D eigenvalue weighted by atomic mass is 31.2. The van der Waals surface area contributed by atoms with Crippen molar-refractivity contribution in [3.8, 4) is 11.1 Å². The number of nitrogens with two attached hydrogens (primary N) is 1. The van der Waals surface area contributed by atoms with Crippen LogP contribution < -0.4 is 16.6 Å². The maximum absolute atomic E-state index is 12.6. The van der Waals surface area contributed by atoms with E-state index in [1.807, 2.05) is 97.1 Å². The molecule has 0 aliphatic heterocycles. The van der Waals surface area contributed by atoms with Gasteiger partial charge in [-0.25, -0.2) is 0 Å². The van der Waals surface area contributed by atoms with Gasteiger partial charge in [-0.05, 0) is 52.3 Å². The Labute approximate surface area is 222 Å². The Morgan fingerprint density at radius 2 is 1.55 bits per heavy atom. The molecule has 196 valence electrons. The Kier molecular flexibility index (Phi) is 9.05. The van der Waals surface area contributed by atoms with E-state index < -0.39 is 19.4 Å². The van der Waals surface area contributed by atoms with Crippen molar-refractivity contribution < 1.29 is 14.4 Å². The molecule has 4 aromatic carbocycles. The van der Waals surface area contributed by atoms with Gasteiger partial charge >= 0.3 is 7.60 Å². The fourth-order valence-corrected chi connectivity index (χ4v) is 5.44. The Bertz CT molecular complexity index is 1430. The number of nitrogens with zero attached hydrogens (tertiary/aromatic N) is 2. The minimum absolute atomic E-state index is 0.209. The molecule has 0 radical (unpaired) electrons. The standard InChI is InChI=1S/C29H32N5O3P/c1-31-34-29(33-30)27(20-21-14-16-23(17-15-21)22-8-3-2-4-9-22)32-28(38(35,36)37)19-18-25-12-7-11-24-10-5-6-13-26(24)25/h2-17,27-28,32H,1,18-20,30H2,(H,33,34)(H2,35,36,37)/t27-,28?/m0/s1. The first kappa shape index (κ1) is 27.2. The molecule has 0 fully saturated rings. The quantitative estimate of drug-likeness (QED) is 0.0633. The van der Waals surface area contributed by atoms with Crippen LogP contribution in [0.5, 0.6) is 0 Å². The predicted octanol–water partition coefficient (Wildman–Crippen LogP) is 4.62. The Balaban J connectivity index is 1.55. The van der Waals surface area contributed by atoms with Crippen molar-refractivity contribution in [2.45, 2.75) is 31.1 Å². The molecular weight excluding hydrogens is 497 g/mol. The van der Waals surface area contributed by atoms with Gasteiger partial charge in [0.05, 0.1) is 6.04 Å². The number of hydrogen-bond acceptors (Lipinski definition) is 5. The lowest BCUT2D eigenvalue weighted by Crippen LogP contribution is -2.49. The SMILES string of the molecule is C=NNC(=NN)[C@H](Cc1ccc(-c2ccccc2)cc1)NC(CCc1cccc2ccccc12)P(=O)(O)O. The fraction of sp³-hybridized carbons (Fsp3) is 0.172. The van der Waals surface area contributed by atoms with Crippen molar-refractivity contribution in [3.05, 3.63) is 108 Å². The second-order valence-electron chi connectivity index (χ2n) is 9.05. The van der Waals surface area contributed by atoms with Crippen LogP contribution in [0.4, 0.5) is 0 Å². The normalized spacial score (nSPS) is 13.7. The van der Waals surface area contributed by atoms with Gasteiger partial charge in [-0.1, -0.05) is 97.1 Å². The monoisotopic (exact) mass is 529 g/mol. The van der Waals surface area contributed by atoms with Gasteiger partial charge < -0.3 is 15.6 Å². The fourth-order valence-electron chi connectivity index (χ4n) is 4.60. The smallest absolute Gasteiger partial charge is 0.323 e. The average Bonchev–Trinajstić information content (AvgIpc) is 2.93. The molecule has 1 unspecified atom stereocenters. The van der Waals surface area contributed by atoms with Crippen molar-refractivity contribution in [2.24, 2.45) is 16.0 Å². The van der Waals surface area contributed by atoms with Crippen LogP contribution in [-0.2, 0) is 17.4 Å². The number of nitrogens with one attached hydrogen (secondary N) is 2. The van der Waals surface area contributed by atoms with Gasteiger partial charge in [-0.3, -0.25) is 15.3 Å². The number of fused-ring (bicyclic) bond motifs is 1. The summed E-state index contributed by atoms with van der Waals surface area (Å²) in [6.07, 6.45) is 1.06. The van der Waals surface area contributed by atoms with Gasteiger partial charge in [0.1, 0.15) is 5.78 Å². The average molecular weight is 530 g/mol. The van der Waals surface area contributed by atoms with Crippen LogP contribution in [0.2, 0.25) is 0 Å². The van der Waals surface area contributed by atoms with E-state index in [1.54, 1.807) is 0 Å². The van der Waals surface area contributed by atoms with Crippen molar-refractivity contribution in [1.29, 1.82) is 0 Å². The van der Waals surface area contributed by atoms with Gasteiger partial charge in [0.15, 0.2) is 5.84 Å². The van der Waals surface area contributed by atoms with E-state index in [4.69, 9.17) is 5.84 Å². The number of benzene rings is 4. The zero-order valence-electron chi connectivity index (χ0n) is 20.9. The molecule has 9 heteroatoms. The molecule has 4 aromatic rings. The lowest BCUT2D eigenvalue weighted by atomic mass is 9.99. The van der Waals surface area contributed by atoms with Crippen LogP contribution in [0.3, 0.4) is 0 Å². The maximum atomic E-state index is 12.6. The summed E-state index contributed by atoms with van der Waals surface area (Å²) in [5.74, 6) is 4.73. The van der Waals surface area contributed by atoms with Gasteiger partial charge in [0, 0.05) is 6.72 Å². The van der Waals surface area contributed by atoms with Gasteiger partial charge in [0.2, 0.25) is 0 Å². The number of rotatable bonds is 11. The van der Waals surface area contributed by atoms with Crippen LogP contribution in [0, 0.1) is 0 Å². The summed E-state index contributed by atoms with van der Waals surface area (Å²) in [5, 5.41) is 12.7. The Hall–Kier alpha value is -3.81. The first-order chi connectivity index (χ1) is 18.4. The van der Waals surface area contributed by atoms with E-state index in [9.17, 15) is 14.4 Å². The molecule has 8 nitrogen and oxygen atoms in total. The van der Waals surface area contributed by atoms with E-state index in [0.29, 0.717) is 12.8 Å². The van der Waals surface area contributed by atoms with E-state index in [1.165, 1.54) is 0 Å². The first-order valence-electron chi connectivity index (χ1n) is 12.3. The van der Waals surface area contributed by atoms with Crippen molar-refractivity contribution >= 4 is 30.9 Å². The molecule has 0 heterocycles. The minimum atomic E-state index is -4.53. The lowest BCUT2D eigenvalue weighted by molar-refractivity contribution is 0.337.